The zero-order chi connectivity index (χ0) is 15.2. The van der Waals surface area contributed by atoms with Gasteiger partial charge in [-0.2, -0.15) is 0 Å². The highest BCUT2D eigenvalue weighted by atomic mass is 14.9. The predicted octanol–water partition coefficient (Wildman–Crippen LogP) is 5.21. The third-order valence-electron chi connectivity index (χ3n) is 5.09. The van der Waals surface area contributed by atoms with Gasteiger partial charge in [-0.1, -0.05) is 51.3 Å². The van der Waals surface area contributed by atoms with Crippen molar-refractivity contribution in [3.63, 3.8) is 0 Å². The van der Waals surface area contributed by atoms with Crippen molar-refractivity contribution in [2.45, 2.75) is 65.7 Å². The van der Waals surface area contributed by atoms with Gasteiger partial charge in [0.25, 0.3) is 0 Å². The second-order valence-corrected chi connectivity index (χ2v) is 7.40. The molecule has 1 saturated carbocycles. The van der Waals surface area contributed by atoms with E-state index in [2.05, 4.69) is 51.2 Å². The van der Waals surface area contributed by atoms with E-state index >= 15 is 0 Å². The van der Waals surface area contributed by atoms with Crippen LogP contribution < -0.4 is 5.32 Å². The summed E-state index contributed by atoms with van der Waals surface area (Å²) in [6, 6.07) is 7.12. The van der Waals surface area contributed by atoms with Crippen LogP contribution in [0, 0.1) is 25.7 Å². The quantitative estimate of drug-likeness (QED) is 0.757. The Morgan fingerprint density at radius 3 is 2.33 bits per heavy atom. The fourth-order valence-electron chi connectivity index (χ4n) is 3.62. The molecule has 2 rings (SSSR count). The number of rotatable bonds is 6. The van der Waals surface area contributed by atoms with Gasteiger partial charge >= 0.3 is 0 Å². The molecular weight excluding hydrogens is 254 g/mol. The summed E-state index contributed by atoms with van der Waals surface area (Å²) in [5.41, 5.74) is 4.41. The van der Waals surface area contributed by atoms with Gasteiger partial charge in [0.2, 0.25) is 0 Å². The van der Waals surface area contributed by atoms with Crippen molar-refractivity contribution in [3.05, 3.63) is 34.9 Å². The molecule has 0 radical (unpaired) electrons. The second-order valence-electron chi connectivity index (χ2n) is 7.40. The first-order chi connectivity index (χ1) is 10.1. The lowest BCUT2D eigenvalue weighted by Crippen LogP contribution is -2.30. The highest BCUT2D eigenvalue weighted by Gasteiger charge is 2.25. The molecule has 1 nitrogen and oxygen atoms in total. The minimum absolute atomic E-state index is 0.698. The minimum atomic E-state index is 0.698. The molecule has 1 N–H and O–H groups in total. The maximum absolute atomic E-state index is 3.71. The fraction of sp³-hybridized carbons (Fsp3) is 0.700. The smallest absolute Gasteiger partial charge is 0.00229 e. The topological polar surface area (TPSA) is 12.0 Å². The summed E-state index contributed by atoms with van der Waals surface area (Å²) in [5, 5.41) is 3.71. The summed E-state index contributed by atoms with van der Waals surface area (Å²) in [4.78, 5) is 0. The Bertz CT molecular complexity index is 429. The number of aryl methyl sites for hydroxylation is 2. The third kappa shape index (κ3) is 4.85. The van der Waals surface area contributed by atoms with Crippen LogP contribution in [0.2, 0.25) is 0 Å². The Morgan fingerprint density at radius 1 is 1.00 bits per heavy atom. The standard InChI is InChI=1S/C20H33N/c1-15(2)13-21-14-20(18-8-6-5-7-9-18)19-11-10-16(3)17(4)12-19/h10-12,15,18,20-21H,5-9,13-14H2,1-4H3. The highest BCUT2D eigenvalue weighted by molar-refractivity contribution is 5.32. The second kappa shape index (κ2) is 7.98. The van der Waals surface area contributed by atoms with Crippen LogP contribution in [0.5, 0.6) is 0 Å². The monoisotopic (exact) mass is 287 g/mol. The van der Waals surface area contributed by atoms with E-state index in [-0.39, 0.29) is 0 Å². The summed E-state index contributed by atoms with van der Waals surface area (Å²) in [6.07, 6.45) is 7.13. The van der Waals surface area contributed by atoms with Gasteiger partial charge < -0.3 is 5.32 Å². The lowest BCUT2D eigenvalue weighted by Gasteiger charge is -2.31. The van der Waals surface area contributed by atoms with Crippen LogP contribution in [0.1, 0.15) is 68.6 Å². The Hall–Kier alpha value is -0.820. The molecular formula is C20H33N. The van der Waals surface area contributed by atoms with Gasteiger partial charge in [-0.15, -0.1) is 0 Å². The lowest BCUT2D eigenvalue weighted by molar-refractivity contribution is 0.294. The average Bonchev–Trinajstić information content (AvgIpc) is 2.47. The Labute approximate surface area is 131 Å². The first-order valence-corrected chi connectivity index (χ1v) is 8.85. The molecule has 0 heterocycles. The van der Waals surface area contributed by atoms with Gasteiger partial charge in [-0.25, -0.2) is 0 Å². The molecule has 1 fully saturated rings. The lowest BCUT2D eigenvalue weighted by atomic mass is 9.76. The first-order valence-electron chi connectivity index (χ1n) is 8.85. The van der Waals surface area contributed by atoms with E-state index in [1.54, 1.807) is 5.56 Å². The van der Waals surface area contributed by atoms with Crippen molar-refractivity contribution in [1.29, 1.82) is 0 Å². The Morgan fingerprint density at radius 2 is 1.71 bits per heavy atom. The molecule has 1 aliphatic rings. The van der Waals surface area contributed by atoms with Gasteiger partial charge in [0.1, 0.15) is 0 Å². The number of nitrogens with one attached hydrogen (secondary N) is 1. The molecule has 0 saturated heterocycles. The van der Waals surface area contributed by atoms with E-state index in [0.717, 1.165) is 24.9 Å². The van der Waals surface area contributed by atoms with E-state index in [9.17, 15) is 0 Å². The minimum Gasteiger partial charge on any atom is -0.316 e. The van der Waals surface area contributed by atoms with Crippen molar-refractivity contribution >= 4 is 0 Å². The summed E-state index contributed by atoms with van der Waals surface area (Å²) < 4.78 is 0. The van der Waals surface area contributed by atoms with Crippen LogP contribution in [0.3, 0.4) is 0 Å². The summed E-state index contributed by atoms with van der Waals surface area (Å²) in [6.45, 7) is 11.3. The molecule has 1 atom stereocenters. The molecule has 0 bridgehead atoms. The van der Waals surface area contributed by atoms with Crippen molar-refractivity contribution in [2.75, 3.05) is 13.1 Å². The molecule has 1 unspecified atom stereocenters. The van der Waals surface area contributed by atoms with Crippen LogP contribution in [-0.2, 0) is 0 Å². The molecule has 0 aromatic heterocycles. The fourth-order valence-corrected chi connectivity index (χ4v) is 3.62. The first kappa shape index (κ1) is 16.5. The van der Waals surface area contributed by atoms with E-state index < -0.39 is 0 Å². The SMILES string of the molecule is Cc1ccc(C(CNCC(C)C)C2CCCCC2)cc1C. The van der Waals surface area contributed by atoms with Gasteiger partial charge in [-0.3, -0.25) is 0 Å². The van der Waals surface area contributed by atoms with Crippen molar-refractivity contribution in [1.82, 2.24) is 5.32 Å². The van der Waals surface area contributed by atoms with E-state index in [1.807, 2.05) is 0 Å². The zero-order valence-corrected chi connectivity index (χ0v) is 14.4. The number of hydrogen-bond donors (Lipinski definition) is 1. The van der Waals surface area contributed by atoms with Crippen LogP contribution in [0.15, 0.2) is 18.2 Å². The van der Waals surface area contributed by atoms with Crippen molar-refractivity contribution in [3.8, 4) is 0 Å². The molecule has 0 aliphatic heterocycles. The van der Waals surface area contributed by atoms with Gasteiger partial charge in [0, 0.05) is 6.54 Å². The Balaban J connectivity index is 2.11. The van der Waals surface area contributed by atoms with Crippen LogP contribution >= 0.6 is 0 Å². The van der Waals surface area contributed by atoms with Crippen LogP contribution in [0.25, 0.3) is 0 Å². The zero-order valence-electron chi connectivity index (χ0n) is 14.4. The van der Waals surface area contributed by atoms with Crippen LogP contribution in [-0.4, -0.2) is 13.1 Å². The number of hydrogen-bond acceptors (Lipinski definition) is 1. The molecule has 1 aromatic carbocycles. The summed E-state index contributed by atoms with van der Waals surface area (Å²) in [7, 11) is 0. The predicted molar refractivity (Wildman–Crippen MR) is 92.9 cm³/mol. The largest absolute Gasteiger partial charge is 0.316 e. The summed E-state index contributed by atoms with van der Waals surface area (Å²) >= 11 is 0. The highest BCUT2D eigenvalue weighted by Crippen LogP contribution is 2.36. The maximum atomic E-state index is 3.71. The van der Waals surface area contributed by atoms with Gasteiger partial charge in [0.15, 0.2) is 0 Å². The van der Waals surface area contributed by atoms with E-state index in [1.165, 1.54) is 43.2 Å². The molecule has 1 aromatic rings. The number of benzene rings is 1. The third-order valence-corrected chi connectivity index (χ3v) is 5.09. The normalized spacial score (nSPS) is 18.1. The molecule has 1 heteroatoms. The average molecular weight is 287 g/mol. The molecule has 21 heavy (non-hydrogen) atoms. The molecule has 0 spiro atoms. The molecule has 118 valence electrons. The van der Waals surface area contributed by atoms with Crippen molar-refractivity contribution < 1.29 is 0 Å². The van der Waals surface area contributed by atoms with Gasteiger partial charge in [0.05, 0.1) is 0 Å². The molecule has 1 aliphatic carbocycles. The Kier molecular flexibility index (Phi) is 6.29. The van der Waals surface area contributed by atoms with E-state index in [4.69, 9.17) is 0 Å². The maximum Gasteiger partial charge on any atom is 0.00229 e. The van der Waals surface area contributed by atoms with Crippen LogP contribution in [0.4, 0.5) is 0 Å². The molecule has 0 amide bonds. The van der Waals surface area contributed by atoms with E-state index in [0.29, 0.717) is 5.92 Å². The summed E-state index contributed by atoms with van der Waals surface area (Å²) in [5.74, 6) is 2.31. The van der Waals surface area contributed by atoms with Gasteiger partial charge in [-0.05, 0) is 67.7 Å². The van der Waals surface area contributed by atoms with Crippen molar-refractivity contribution in [2.24, 2.45) is 11.8 Å².